The van der Waals surface area contributed by atoms with Gasteiger partial charge < -0.3 is 20.1 Å². The number of amides is 1. The standard InChI is InChI=1S/C19H21ClN2O3.ClH/c1-24-18-8-15(19(23)22-11-14-9-21-10-14)4-7-17(18)25-12-13-2-5-16(20)6-3-13;/h2-8,14,21H,9-12H2,1H3,(H,22,23);1H. The van der Waals surface area contributed by atoms with E-state index in [-0.39, 0.29) is 18.3 Å². The lowest BCUT2D eigenvalue weighted by Crippen LogP contribution is -2.48. The second-order valence-corrected chi connectivity index (χ2v) is 6.45. The Balaban J connectivity index is 0.00000243. The molecule has 0 spiro atoms. The molecule has 2 N–H and O–H groups in total. The number of methoxy groups -OCH3 is 1. The van der Waals surface area contributed by atoms with E-state index in [9.17, 15) is 4.79 Å². The molecule has 3 rings (SSSR count). The van der Waals surface area contributed by atoms with Crippen LogP contribution in [0.1, 0.15) is 15.9 Å². The number of ether oxygens (including phenoxy) is 2. The lowest BCUT2D eigenvalue weighted by Gasteiger charge is -2.27. The van der Waals surface area contributed by atoms with E-state index in [2.05, 4.69) is 10.6 Å². The molecular formula is C19H22Cl2N2O3. The maximum atomic E-state index is 12.2. The van der Waals surface area contributed by atoms with Crippen LogP contribution in [0.15, 0.2) is 42.5 Å². The summed E-state index contributed by atoms with van der Waals surface area (Å²) in [5.41, 5.74) is 1.56. The van der Waals surface area contributed by atoms with E-state index < -0.39 is 0 Å². The highest BCUT2D eigenvalue weighted by molar-refractivity contribution is 6.30. The van der Waals surface area contributed by atoms with E-state index in [4.69, 9.17) is 21.1 Å². The predicted molar refractivity (Wildman–Crippen MR) is 105 cm³/mol. The largest absolute Gasteiger partial charge is 0.493 e. The van der Waals surface area contributed by atoms with Gasteiger partial charge in [-0.05, 0) is 35.9 Å². The maximum absolute atomic E-state index is 12.2. The van der Waals surface area contributed by atoms with Gasteiger partial charge in [0.1, 0.15) is 6.61 Å². The number of carbonyl (C=O) groups is 1. The van der Waals surface area contributed by atoms with Crippen molar-refractivity contribution < 1.29 is 14.3 Å². The molecule has 1 heterocycles. The summed E-state index contributed by atoms with van der Waals surface area (Å²) in [6.07, 6.45) is 0. The van der Waals surface area contributed by atoms with Crippen LogP contribution in [0.5, 0.6) is 11.5 Å². The Morgan fingerprint density at radius 2 is 1.92 bits per heavy atom. The van der Waals surface area contributed by atoms with Crippen LogP contribution in [0.25, 0.3) is 0 Å². The van der Waals surface area contributed by atoms with E-state index in [1.165, 1.54) is 0 Å². The van der Waals surface area contributed by atoms with Gasteiger partial charge in [0.2, 0.25) is 0 Å². The molecule has 0 atom stereocenters. The van der Waals surface area contributed by atoms with E-state index in [1.807, 2.05) is 24.3 Å². The van der Waals surface area contributed by atoms with Gasteiger partial charge in [0, 0.05) is 36.1 Å². The fourth-order valence-corrected chi connectivity index (χ4v) is 2.63. The zero-order chi connectivity index (χ0) is 17.6. The Bertz CT molecular complexity index is 734. The molecule has 1 saturated heterocycles. The van der Waals surface area contributed by atoms with Gasteiger partial charge in [0.25, 0.3) is 5.91 Å². The van der Waals surface area contributed by atoms with E-state index in [0.29, 0.717) is 41.2 Å². The summed E-state index contributed by atoms with van der Waals surface area (Å²) < 4.78 is 11.2. The Morgan fingerprint density at radius 1 is 1.19 bits per heavy atom. The van der Waals surface area contributed by atoms with Crippen LogP contribution in [-0.2, 0) is 6.61 Å². The Kier molecular flexibility index (Phi) is 7.57. The molecule has 0 bridgehead atoms. The number of rotatable bonds is 7. The fraction of sp³-hybridized carbons (Fsp3) is 0.316. The Labute approximate surface area is 164 Å². The van der Waals surface area contributed by atoms with Gasteiger partial charge in [-0.15, -0.1) is 12.4 Å². The van der Waals surface area contributed by atoms with Gasteiger partial charge >= 0.3 is 0 Å². The molecule has 0 aliphatic carbocycles. The molecule has 0 radical (unpaired) electrons. The second kappa shape index (κ2) is 9.67. The lowest BCUT2D eigenvalue weighted by molar-refractivity contribution is 0.0942. The first kappa shape index (κ1) is 20.4. The summed E-state index contributed by atoms with van der Waals surface area (Å²) >= 11 is 5.88. The third kappa shape index (κ3) is 5.27. The van der Waals surface area contributed by atoms with Crippen LogP contribution < -0.4 is 20.1 Å². The quantitative estimate of drug-likeness (QED) is 0.753. The molecular weight excluding hydrogens is 375 g/mol. The lowest BCUT2D eigenvalue weighted by atomic mass is 10.0. The first-order valence-electron chi connectivity index (χ1n) is 8.20. The van der Waals surface area contributed by atoms with Gasteiger partial charge in [-0.3, -0.25) is 4.79 Å². The molecule has 1 aliphatic heterocycles. The highest BCUT2D eigenvalue weighted by Gasteiger charge is 2.18. The van der Waals surface area contributed by atoms with Crippen molar-refractivity contribution >= 4 is 29.9 Å². The van der Waals surface area contributed by atoms with Crippen molar-refractivity contribution in [2.24, 2.45) is 5.92 Å². The summed E-state index contributed by atoms with van der Waals surface area (Å²) in [6, 6.07) is 12.7. The van der Waals surface area contributed by atoms with Gasteiger partial charge in [-0.25, -0.2) is 0 Å². The minimum Gasteiger partial charge on any atom is -0.493 e. The van der Waals surface area contributed by atoms with Crippen molar-refractivity contribution in [1.29, 1.82) is 0 Å². The molecule has 2 aromatic carbocycles. The minimum absolute atomic E-state index is 0. The molecule has 1 amide bonds. The molecule has 0 unspecified atom stereocenters. The Morgan fingerprint density at radius 3 is 2.54 bits per heavy atom. The van der Waals surface area contributed by atoms with E-state index >= 15 is 0 Å². The van der Waals surface area contributed by atoms with Crippen LogP contribution in [0.4, 0.5) is 0 Å². The zero-order valence-corrected chi connectivity index (χ0v) is 16.0. The van der Waals surface area contributed by atoms with Crippen molar-refractivity contribution in [3.63, 3.8) is 0 Å². The van der Waals surface area contributed by atoms with Crippen molar-refractivity contribution in [2.45, 2.75) is 6.61 Å². The third-order valence-electron chi connectivity index (χ3n) is 4.15. The molecule has 0 saturated carbocycles. The number of nitrogens with one attached hydrogen (secondary N) is 2. The highest BCUT2D eigenvalue weighted by Crippen LogP contribution is 2.29. The second-order valence-electron chi connectivity index (χ2n) is 6.02. The van der Waals surface area contributed by atoms with E-state index in [0.717, 1.165) is 18.7 Å². The average Bonchev–Trinajstić information content (AvgIpc) is 2.59. The number of benzene rings is 2. The molecule has 26 heavy (non-hydrogen) atoms. The first-order chi connectivity index (χ1) is 12.2. The molecule has 1 fully saturated rings. The maximum Gasteiger partial charge on any atom is 0.251 e. The van der Waals surface area contributed by atoms with Gasteiger partial charge in [0.15, 0.2) is 11.5 Å². The van der Waals surface area contributed by atoms with Crippen LogP contribution >= 0.6 is 24.0 Å². The first-order valence-corrected chi connectivity index (χ1v) is 8.57. The normalized spacial score (nSPS) is 13.3. The molecule has 2 aromatic rings. The Hall–Kier alpha value is -1.95. The fourth-order valence-electron chi connectivity index (χ4n) is 2.50. The monoisotopic (exact) mass is 396 g/mol. The van der Waals surface area contributed by atoms with Crippen molar-refractivity contribution in [1.82, 2.24) is 10.6 Å². The average molecular weight is 397 g/mol. The van der Waals surface area contributed by atoms with Gasteiger partial charge in [0.05, 0.1) is 7.11 Å². The van der Waals surface area contributed by atoms with Gasteiger partial charge in [-0.2, -0.15) is 0 Å². The number of hydrogen-bond donors (Lipinski definition) is 2. The number of halogens is 2. The van der Waals surface area contributed by atoms with Crippen LogP contribution in [0.3, 0.4) is 0 Å². The zero-order valence-electron chi connectivity index (χ0n) is 14.5. The summed E-state index contributed by atoms with van der Waals surface area (Å²) in [6.45, 7) is 3.00. The van der Waals surface area contributed by atoms with Crippen LogP contribution in [0.2, 0.25) is 5.02 Å². The highest BCUT2D eigenvalue weighted by atomic mass is 35.5. The molecule has 140 valence electrons. The third-order valence-corrected chi connectivity index (χ3v) is 4.40. The smallest absolute Gasteiger partial charge is 0.251 e. The molecule has 5 nitrogen and oxygen atoms in total. The summed E-state index contributed by atoms with van der Waals surface area (Å²) in [7, 11) is 1.56. The number of hydrogen-bond acceptors (Lipinski definition) is 4. The van der Waals surface area contributed by atoms with Crippen molar-refractivity contribution in [3.8, 4) is 11.5 Å². The molecule has 7 heteroatoms. The number of carbonyl (C=O) groups excluding carboxylic acids is 1. The molecule has 1 aliphatic rings. The van der Waals surface area contributed by atoms with Crippen LogP contribution in [0, 0.1) is 5.92 Å². The summed E-state index contributed by atoms with van der Waals surface area (Å²) in [5.74, 6) is 1.55. The summed E-state index contributed by atoms with van der Waals surface area (Å²) in [5, 5.41) is 6.82. The van der Waals surface area contributed by atoms with Crippen molar-refractivity contribution in [3.05, 3.63) is 58.6 Å². The van der Waals surface area contributed by atoms with E-state index in [1.54, 1.807) is 25.3 Å². The SMILES string of the molecule is COc1cc(C(=O)NCC2CNC2)ccc1OCc1ccc(Cl)cc1.Cl. The summed E-state index contributed by atoms with van der Waals surface area (Å²) in [4.78, 5) is 12.2. The minimum atomic E-state index is -0.102. The predicted octanol–water partition coefficient (Wildman–Crippen LogP) is 3.30. The van der Waals surface area contributed by atoms with Crippen molar-refractivity contribution in [2.75, 3.05) is 26.7 Å². The van der Waals surface area contributed by atoms with Crippen LogP contribution in [-0.4, -0.2) is 32.7 Å². The molecule has 0 aromatic heterocycles. The topological polar surface area (TPSA) is 59.6 Å². The van der Waals surface area contributed by atoms with Gasteiger partial charge in [-0.1, -0.05) is 23.7 Å².